The van der Waals surface area contributed by atoms with Crippen molar-refractivity contribution in [1.82, 2.24) is 4.90 Å². The monoisotopic (exact) mass is 378 g/mol. The second kappa shape index (κ2) is 9.45. The Bertz CT molecular complexity index is 759. The van der Waals surface area contributed by atoms with Gasteiger partial charge >= 0.3 is 5.97 Å². The second-order valence-corrected chi connectivity index (χ2v) is 7.01. The average Bonchev–Trinajstić information content (AvgIpc) is 3.00. The Morgan fingerprint density at radius 2 is 1.92 bits per heavy atom. The van der Waals surface area contributed by atoms with Crippen LogP contribution < -0.4 is 5.32 Å². The lowest BCUT2D eigenvalue weighted by molar-refractivity contribution is -0.117. The van der Waals surface area contributed by atoms with Crippen LogP contribution in [0, 0.1) is 5.82 Å². The number of carbonyl (C=O) groups is 2. The van der Waals surface area contributed by atoms with Crippen LogP contribution in [0.25, 0.3) is 0 Å². The highest BCUT2D eigenvalue weighted by atomic mass is 32.1. The van der Waals surface area contributed by atoms with Crippen LogP contribution in [0.15, 0.2) is 30.3 Å². The van der Waals surface area contributed by atoms with Gasteiger partial charge in [0.2, 0.25) is 5.91 Å². The van der Waals surface area contributed by atoms with Crippen LogP contribution in [-0.4, -0.2) is 37.0 Å². The first-order chi connectivity index (χ1) is 12.4. The van der Waals surface area contributed by atoms with Crippen molar-refractivity contribution < 1.29 is 18.7 Å². The Labute approximate surface area is 156 Å². The van der Waals surface area contributed by atoms with Crippen LogP contribution in [0.5, 0.6) is 0 Å². The quantitative estimate of drug-likeness (QED) is 0.712. The van der Waals surface area contributed by atoms with Gasteiger partial charge in [-0.2, -0.15) is 0 Å². The van der Waals surface area contributed by atoms with Gasteiger partial charge in [0.05, 0.1) is 18.7 Å². The summed E-state index contributed by atoms with van der Waals surface area (Å²) in [6.07, 6.45) is 0.775. The molecule has 0 aliphatic rings. The molecule has 0 aliphatic carbocycles. The van der Waals surface area contributed by atoms with Gasteiger partial charge < -0.3 is 10.1 Å². The fraction of sp³-hybridized carbons (Fsp3) is 0.368. The van der Waals surface area contributed by atoms with Crippen LogP contribution in [0.1, 0.15) is 34.6 Å². The highest BCUT2D eigenvalue weighted by Gasteiger charge is 2.19. The molecule has 1 aromatic carbocycles. The van der Waals surface area contributed by atoms with E-state index in [1.807, 2.05) is 11.8 Å². The van der Waals surface area contributed by atoms with E-state index < -0.39 is 5.97 Å². The number of rotatable bonds is 8. The van der Waals surface area contributed by atoms with Crippen LogP contribution in [0.3, 0.4) is 0 Å². The van der Waals surface area contributed by atoms with E-state index in [0.717, 1.165) is 16.9 Å². The fourth-order valence-corrected chi connectivity index (χ4v) is 3.44. The Balaban J connectivity index is 1.99. The van der Waals surface area contributed by atoms with Gasteiger partial charge in [0.15, 0.2) is 0 Å². The number of ether oxygens (including phenoxy) is 1. The highest BCUT2D eigenvalue weighted by Crippen LogP contribution is 2.29. The van der Waals surface area contributed by atoms with Crippen LogP contribution in [0.2, 0.25) is 0 Å². The fourth-order valence-electron chi connectivity index (χ4n) is 2.44. The lowest BCUT2D eigenvalue weighted by Gasteiger charge is -2.16. The van der Waals surface area contributed by atoms with E-state index in [1.165, 1.54) is 23.5 Å². The Morgan fingerprint density at radius 3 is 2.54 bits per heavy atom. The number of amides is 1. The Morgan fingerprint density at radius 1 is 1.23 bits per heavy atom. The Hall–Kier alpha value is -2.25. The standard InChI is InChI=1S/C19H23FN2O3S/c1-4-15-10-16(19(24)25-5-2)18(26-15)21-17(23)12-22(3)11-13-6-8-14(20)9-7-13/h6-10H,4-5,11-12H2,1-3H3,(H,21,23). The summed E-state index contributed by atoms with van der Waals surface area (Å²) >= 11 is 1.38. The second-order valence-electron chi connectivity index (χ2n) is 5.88. The predicted molar refractivity (Wildman–Crippen MR) is 101 cm³/mol. The molecule has 7 heteroatoms. The lowest BCUT2D eigenvalue weighted by atomic mass is 10.2. The smallest absolute Gasteiger partial charge is 0.341 e. The van der Waals surface area contributed by atoms with Crippen molar-refractivity contribution in [2.45, 2.75) is 26.8 Å². The lowest BCUT2D eigenvalue weighted by Crippen LogP contribution is -2.30. The van der Waals surface area contributed by atoms with Gasteiger partial charge in [-0.25, -0.2) is 9.18 Å². The molecule has 2 rings (SSSR count). The minimum absolute atomic E-state index is 0.152. The predicted octanol–water partition coefficient (Wildman–Crippen LogP) is 3.70. The highest BCUT2D eigenvalue weighted by molar-refractivity contribution is 7.16. The van der Waals surface area contributed by atoms with E-state index in [4.69, 9.17) is 4.74 Å². The minimum Gasteiger partial charge on any atom is -0.462 e. The van der Waals surface area contributed by atoms with Gasteiger partial charge in [0.25, 0.3) is 0 Å². The molecule has 0 unspecified atom stereocenters. The summed E-state index contributed by atoms with van der Waals surface area (Å²) in [6, 6.07) is 7.94. The van der Waals surface area contributed by atoms with E-state index in [9.17, 15) is 14.0 Å². The average molecular weight is 378 g/mol. The zero-order valence-electron chi connectivity index (χ0n) is 15.2. The molecule has 5 nitrogen and oxygen atoms in total. The van der Waals surface area contributed by atoms with Crippen molar-refractivity contribution >= 4 is 28.2 Å². The number of nitrogens with zero attached hydrogens (tertiary/aromatic N) is 1. The summed E-state index contributed by atoms with van der Waals surface area (Å²) in [4.78, 5) is 27.2. The van der Waals surface area contributed by atoms with E-state index in [-0.39, 0.29) is 24.9 Å². The largest absolute Gasteiger partial charge is 0.462 e. The normalized spacial score (nSPS) is 10.8. The minimum atomic E-state index is -0.432. The molecule has 1 amide bonds. The number of esters is 1. The molecule has 0 bridgehead atoms. The molecule has 0 atom stereocenters. The number of aryl methyl sites for hydroxylation is 1. The first-order valence-corrected chi connectivity index (χ1v) is 9.27. The third-order valence-corrected chi connectivity index (χ3v) is 4.85. The Kier molecular flexibility index (Phi) is 7.29. The molecule has 0 saturated heterocycles. The molecular weight excluding hydrogens is 355 g/mol. The maximum absolute atomic E-state index is 13.0. The van der Waals surface area contributed by atoms with E-state index in [0.29, 0.717) is 17.1 Å². The van der Waals surface area contributed by atoms with Gasteiger partial charge in [0.1, 0.15) is 10.8 Å². The molecule has 2 aromatic rings. The summed E-state index contributed by atoms with van der Waals surface area (Å²) in [5.41, 5.74) is 1.31. The molecule has 1 aromatic heterocycles. The third kappa shape index (κ3) is 5.64. The molecule has 26 heavy (non-hydrogen) atoms. The van der Waals surface area contributed by atoms with E-state index in [1.54, 1.807) is 32.2 Å². The number of thiophene rings is 1. The number of nitrogens with one attached hydrogen (secondary N) is 1. The van der Waals surface area contributed by atoms with Crippen LogP contribution in [-0.2, 0) is 22.5 Å². The molecule has 0 radical (unpaired) electrons. The summed E-state index contributed by atoms with van der Waals surface area (Å²) in [6.45, 7) is 4.68. The SMILES string of the molecule is CCOC(=O)c1cc(CC)sc1NC(=O)CN(C)Cc1ccc(F)cc1. The van der Waals surface area contributed by atoms with E-state index in [2.05, 4.69) is 5.32 Å². The topological polar surface area (TPSA) is 58.6 Å². The van der Waals surface area contributed by atoms with E-state index >= 15 is 0 Å². The van der Waals surface area contributed by atoms with Crippen molar-refractivity contribution in [2.24, 2.45) is 0 Å². The summed E-state index contributed by atoms with van der Waals surface area (Å²) in [5, 5.41) is 3.32. The van der Waals surface area contributed by atoms with Crippen LogP contribution in [0.4, 0.5) is 9.39 Å². The first-order valence-electron chi connectivity index (χ1n) is 8.45. The van der Waals surface area contributed by atoms with Gasteiger partial charge in [-0.3, -0.25) is 9.69 Å². The summed E-state index contributed by atoms with van der Waals surface area (Å²) in [7, 11) is 1.81. The number of benzene rings is 1. The third-order valence-electron chi connectivity index (χ3n) is 3.66. The van der Waals surface area contributed by atoms with Crippen molar-refractivity contribution in [1.29, 1.82) is 0 Å². The zero-order chi connectivity index (χ0) is 19.1. The number of halogens is 1. The van der Waals surface area contributed by atoms with Gasteiger partial charge in [-0.05, 0) is 44.2 Å². The maximum Gasteiger partial charge on any atom is 0.341 e. The molecule has 1 N–H and O–H groups in total. The molecule has 0 spiro atoms. The summed E-state index contributed by atoms with van der Waals surface area (Å²) < 4.78 is 18.0. The van der Waals surface area contributed by atoms with Gasteiger partial charge in [0, 0.05) is 11.4 Å². The number of likely N-dealkylation sites (N-methyl/N-ethyl adjacent to an activating group) is 1. The van der Waals surface area contributed by atoms with Gasteiger partial charge in [-0.15, -0.1) is 11.3 Å². The maximum atomic E-state index is 13.0. The number of carbonyl (C=O) groups excluding carboxylic acids is 2. The van der Waals surface area contributed by atoms with Crippen LogP contribution >= 0.6 is 11.3 Å². The first kappa shape index (κ1) is 20.1. The van der Waals surface area contributed by atoms with Gasteiger partial charge in [-0.1, -0.05) is 19.1 Å². The van der Waals surface area contributed by atoms with Crippen molar-refractivity contribution in [2.75, 3.05) is 25.5 Å². The number of hydrogen-bond donors (Lipinski definition) is 1. The molecule has 0 saturated carbocycles. The zero-order valence-corrected chi connectivity index (χ0v) is 16.0. The van der Waals surface area contributed by atoms with Crippen molar-refractivity contribution in [3.63, 3.8) is 0 Å². The molecule has 0 fully saturated rings. The summed E-state index contributed by atoms with van der Waals surface area (Å²) in [5.74, 6) is -0.937. The van der Waals surface area contributed by atoms with Crippen molar-refractivity contribution in [3.8, 4) is 0 Å². The number of hydrogen-bond acceptors (Lipinski definition) is 5. The van der Waals surface area contributed by atoms with Crippen molar-refractivity contribution in [3.05, 3.63) is 52.2 Å². The number of anilines is 1. The molecule has 140 valence electrons. The molecular formula is C19H23FN2O3S. The molecule has 1 heterocycles. The molecule has 0 aliphatic heterocycles.